The summed E-state index contributed by atoms with van der Waals surface area (Å²) in [5.41, 5.74) is 6.14. The number of carbonyl (C=O) groups excluding carboxylic acids is 1. The molecule has 0 spiro atoms. The van der Waals surface area contributed by atoms with Gasteiger partial charge in [-0.1, -0.05) is 18.2 Å². The van der Waals surface area contributed by atoms with Crippen LogP contribution >= 0.6 is 11.8 Å². The number of likely N-dealkylation sites (N-methyl/N-ethyl adjacent to an activating group) is 1. The van der Waals surface area contributed by atoms with E-state index in [1.54, 1.807) is 11.8 Å². The first-order valence-corrected chi connectivity index (χ1v) is 7.97. The number of amides is 1. The van der Waals surface area contributed by atoms with Crippen LogP contribution < -0.4 is 11.1 Å². The van der Waals surface area contributed by atoms with E-state index in [4.69, 9.17) is 5.73 Å². The number of aromatic nitrogens is 2. The summed E-state index contributed by atoms with van der Waals surface area (Å²) >= 11 is 1.64. The molecular formula is C14H22N4OS. The lowest BCUT2D eigenvalue weighted by Crippen LogP contribution is -2.56. The van der Waals surface area contributed by atoms with E-state index >= 15 is 0 Å². The smallest absolute Gasteiger partial charge is 0.238 e. The van der Waals surface area contributed by atoms with Gasteiger partial charge in [-0.3, -0.25) is 4.79 Å². The van der Waals surface area contributed by atoms with Crippen molar-refractivity contribution in [3.63, 3.8) is 0 Å². The molecule has 1 heterocycles. The Balaban J connectivity index is 1.90. The molecule has 2 unspecified atom stereocenters. The van der Waals surface area contributed by atoms with E-state index in [1.165, 1.54) is 0 Å². The molecule has 2 atom stereocenters. The number of thioether (sulfide) groups is 1. The molecule has 1 aliphatic rings. The third kappa shape index (κ3) is 3.12. The van der Waals surface area contributed by atoms with Crippen molar-refractivity contribution in [2.24, 2.45) is 11.7 Å². The normalized spacial score (nSPS) is 25.8. The van der Waals surface area contributed by atoms with Crippen molar-refractivity contribution in [3.8, 4) is 0 Å². The van der Waals surface area contributed by atoms with Crippen molar-refractivity contribution >= 4 is 17.7 Å². The van der Waals surface area contributed by atoms with Crippen molar-refractivity contribution in [1.29, 1.82) is 0 Å². The molecule has 3 N–H and O–H groups in total. The molecule has 2 rings (SSSR count). The van der Waals surface area contributed by atoms with Crippen LogP contribution in [0.5, 0.6) is 0 Å². The summed E-state index contributed by atoms with van der Waals surface area (Å²) in [6.07, 6.45) is 7.55. The number of nitrogens with one attached hydrogen (secondary N) is 1. The van der Waals surface area contributed by atoms with Gasteiger partial charge in [0.1, 0.15) is 5.54 Å². The maximum absolute atomic E-state index is 11.8. The summed E-state index contributed by atoms with van der Waals surface area (Å²) in [6, 6.07) is 0. The minimum atomic E-state index is -0.519. The lowest BCUT2D eigenvalue weighted by atomic mass is 9.84. The van der Waals surface area contributed by atoms with Crippen molar-refractivity contribution in [2.45, 2.75) is 43.3 Å². The summed E-state index contributed by atoms with van der Waals surface area (Å²) in [7, 11) is 1.83. The van der Waals surface area contributed by atoms with Crippen LogP contribution in [0.15, 0.2) is 17.6 Å². The summed E-state index contributed by atoms with van der Waals surface area (Å²) in [5.74, 6) is 0.992. The highest BCUT2D eigenvalue weighted by molar-refractivity contribution is 7.99. The fraction of sp³-hybridized carbons (Fsp3) is 0.643. The molecule has 0 aromatic carbocycles. The summed E-state index contributed by atoms with van der Waals surface area (Å²) in [4.78, 5) is 20.3. The van der Waals surface area contributed by atoms with E-state index < -0.39 is 5.54 Å². The molecule has 110 valence electrons. The molecule has 0 aliphatic heterocycles. The lowest BCUT2D eigenvalue weighted by molar-refractivity contribution is -0.125. The Labute approximate surface area is 124 Å². The number of nitrogens with two attached hydrogens (primary N) is 1. The van der Waals surface area contributed by atoms with E-state index in [0.717, 1.165) is 42.2 Å². The average Bonchev–Trinajstić information content (AvgIpc) is 2.85. The Kier molecular flexibility index (Phi) is 4.99. The summed E-state index contributed by atoms with van der Waals surface area (Å²) < 4.78 is 0. The quantitative estimate of drug-likeness (QED) is 0.614. The SMILES string of the molecule is CNC1(C(N)=O)CCCC1CCSc1ncc(C)cn1. The monoisotopic (exact) mass is 294 g/mol. The van der Waals surface area contributed by atoms with E-state index in [1.807, 2.05) is 26.4 Å². The van der Waals surface area contributed by atoms with Crippen LogP contribution in [-0.2, 0) is 4.79 Å². The molecule has 6 heteroatoms. The van der Waals surface area contributed by atoms with E-state index in [2.05, 4.69) is 15.3 Å². The number of carbonyl (C=O) groups is 1. The predicted octanol–water partition coefficient (Wildman–Crippen LogP) is 1.51. The van der Waals surface area contributed by atoms with Crippen LogP contribution in [0.25, 0.3) is 0 Å². The Morgan fingerprint density at radius 3 is 2.85 bits per heavy atom. The Morgan fingerprint density at radius 1 is 1.55 bits per heavy atom. The van der Waals surface area contributed by atoms with Gasteiger partial charge in [0, 0.05) is 18.1 Å². The molecule has 0 radical (unpaired) electrons. The fourth-order valence-corrected chi connectivity index (χ4v) is 3.83. The number of aryl methyl sites for hydroxylation is 1. The summed E-state index contributed by atoms with van der Waals surface area (Å²) in [6.45, 7) is 1.97. The van der Waals surface area contributed by atoms with Gasteiger partial charge in [0.25, 0.3) is 0 Å². The predicted molar refractivity (Wildman–Crippen MR) is 80.4 cm³/mol. The highest BCUT2D eigenvalue weighted by Crippen LogP contribution is 2.38. The standard InChI is InChI=1S/C14H22N4OS/c1-10-8-17-13(18-9-10)20-7-5-11-4-3-6-14(11,16-2)12(15)19/h8-9,11,16H,3-7H2,1-2H3,(H2,15,19). The van der Waals surface area contributed by atoms with Crippen LogP contribution in [0.4, 0.5) is 0 Å². The Hall–Kier alpha value is -1.14. The molecule has 1 aromatic rings. The second kappa shape index (κ2) is 6.54. The zero-order valence-electron chi connectivity index (χ0n) is 12.1. The van der Waals surface area contributed by atoms with Crippen LogP contribution in [0.2, 0.25) is 0 Å². The molecule has 1 saturated carbocycles. The van der Waals surface area contributed by atoms with Crippen molar-refractivity contribution in [2.75, 3.05) is 12.8 Å². The van der Waals surface area contributed by atoms with Gasteiger partial charge in [0.15, 0.2) is 5.16 Å². The van der Waals surface area contributed by atoms with Crippen LogP contribution in [0.1, 0.15) is 31.2 Å². The van der Waals surface area contributed by atoms with Gasteiger partial charge in [-0.2, -0.15) is 0 Å². The molecule has 20 heavy (non-hydrogen) atoms. The summed E-state index contributed by atoms with van der Waals surface area (Å²) in [5, 5.41) is 3.96. The number of primary amides is 1. The topological polar surface area (TPSA) is 80.9 Å². The second-order valence-corrected chi connectivity index (χ2v) is 6.42. The van der Waals surface area contributed by atoms with E-state index in [9.17, 15) is 4.79 Å². The minimum absolute atomic E-state index is 0.223. The van der Waals surface area contributed by atoms with Crippen LogP contribution in [-0.4, -0.2) is 34.2 Å². The number of hydrogen-bond donors (Lipinski definition) is 2. The molecule has 0 saturated heterocycles. The molecule has 1 amide bonds. The van der Waals surface area contributed by atoms with Gasteiger partial charge >= 0.3 is 0 Å². The van der Waals surface area contributed by atoms with E-state index in [-0.39, 0.29) is 5.91 Å². The highest BCUT2D eigenvalue weighted by Gasteiger charge is 2.45. The average molecular weight is 294 g/mol. The highest BCUT2D eigenvalue weighted by atomic mass is 32.2. The van der Waals surface area contributed by atoms with Gasteiger partial charge in [-0.05, 0) is 44.7 Å². The number of hydrogen-bond acceptors (Lipinski definition) is 5. The maximum atomic E-state index is 11.8. The fourth-order valence-electron chi connectivity index (χ4n) is 2.99. The molecule has 1 fully saturated rings. The zero-order valence-corrected chi connectivity index (χ0v) is 12.9. The van der Waals surface area contributed by atoms with Gasteiger partial charge in [0.05, 0.1) is 0 Å². The maximum Gasteiger partial charge on any atom is 0.238 e. The second-order valence-electron chi connectivity index (χ2n) is 5.35. The van der Waals surface area contributed by atoms with Crippen molar-refractivity contribution < 1.29 is 4.79 Å². The Morgan fingerprint density at radius 2 is 2.25 bits per heavy atom. The van der Waals surface area contributed by atoms with Gasteiger partial charge in [-0.15, -0.1) is 0 Å². The minimum Gasteiger partial charge on any atom is -0.368 e. The lowest BCUT2D eigenvalue weighted by Gasteiger charge is -2.32. The first-order chi connectivity index (χ1) is 9.58. The van der Waals surface area contributed by atoms with E-state index in [0.29, 0.717) is 5.92 Å². The van der Waals surface area contributed by atoms with Crippen molar-refractivity contribution in [3.05, 3.63) is 18.0 Å². The zero-order chi connectivity index (χ0) is 14.6. The molecule has 1 aliphatic carbocycles. The first kappa shape index (κ1) is 15.3. The molecule has 1 aromatic heterocycles. The van der Waals surface area contributed by atoms with Crippen LogP contribution in [0.3, 0.4) is 0 Å². The molecule has 5 nitrogen and oxygen atoms in total. The Bertz CT molecular complexity index is 465. The third-order valence-corrected chi connectivity index (χ3v) is 5.07. The van der Waals surface area contributed by atoms with Crippen molar-refractivity contribution in [1.82, 2.24) is 15.3 Å². The largest absolute Gasteiger partial charge is 0.368 e. The first-order valence-electron chi connectivity index (χ1n) is 6.99. The molecule has 0 bridgehead atoms. The molecular weight excluding hydrogens is 272 g/mol. The number of nitrogens with zero attached hydrogens (tertiary/aromatic N) is 2. The van der Waals surface area contributed by atoms with Crippen LogP contribution in [0, 0.1) is 12.8 Å². The third-order valence-electron chi connectivity index (χ3n) is 4.16. The van der Waals surface area contributed by atoms with Gasteiger partial charge in [-0.25, -0.2) is 9.97 Å². The van der Waals surface area contributed by atoms with Gasteiger partial charge < -0.3 is 11.1 Å². The van der Waals surface area contributed by atoms with Gasteiger partial charge in [0.2, 0.25) is 5.91 Å². The number of rotatable bonds is 6.